The van der Waals surface area contributed by atoms with Crippen molar-refractivity contribution in [1.29, 1.82) is 0 Å². The third-order valence-electron chi connectivity index (χ3n) is 5.38. The lowest BCUT2D eigenvalue weighted by Crippen LogP contribution is -2.41. The monoisotopic (exact) mass is 326 g/mol. The third kappa shape index (κ3) is 4.94. The van der Waals surface area contributed by atoms with Crippen LogP contribution in [0.2, 0.25) is 0 Å². The van der Waals surface area contributed by atoms with E-state index in [1.807, 2.05) is 0 Å². The summed E-state index contributed by atoms with van der Waals surface area (Å²) in [6, 6.07) is 10.7. The van der Waals surface area contributed by atoms with Crippen LogP contribution in [0.1, 0.15) is 37.7 Å². The van der Waals surface area contributed by atoms with Crippen LogP contribution in [0, 0.1) is 11.8 Å². The Morgan fingerprint density at radius 2 is 1.92 bits per heavy atom. The van der Waals surface area contributed by atoms with Crippen LogP contribution in [0.3, 0.4) is 0 Å². The summed E-state index contributed by atoms with van der Waals surface area (Å²) >= 11 is 0. The van der Waals surface area contributed by atoms with E-state index >= 15 is 0 Å². The molecule has 0 radical (unpaired) electrons. The van der Waals surface area contributed by atoms with Crippen LogP contribution in [0.5, 0.6) is 0 Å². The maximum atomic E-state index is 12.4. The smallest absolute Gasteiger partial charge is 0.223 e. The normalized spacial score (nSPS) is 21.6. The summed E-state index contributed by atoms with van der Waals surface area (Å²) in [4.78, 5) is 16.9. The Morgan fingerprint density at radius 1 is 1.17 bits per heavy atom. The first-order valence-corrected chi connectivity index (χ1v) is 9.37. The number of likely N-dealkylation sites (tertiary alicyclic amines) is 1. The Kier molecular flexibility index (Phi) is 6.08. The van der Waals surface area contributed by atoms with Gasteiger partial charge in [0.2, 0.25) is 5.91 Å². The zero-order valence-corrected chi connectivity index (χ0v) is 14.9. The molecule has 2 aliphatic rings. The molecule has 3 heteroatoms. The van der Waals surface area contributed by atoms with Crippen LogP contribution in [-0.2, 0) is 11.3 Å². The van der Waals surface area contributed by atoms with E-state index in [-0.39, 0.29) is 0 Å². The molecule has 1 fully saturated rings. The highest BCUT2D eigenvalue weighted by molar-refractivity contribution is 5.76. The van der Waals surface area contributed by atoms with Gasteiger partial charge in [-0.15, -0.1) is 0 Å². The fourth-order valence-corrected chi connectivity index (χ4v) is 3.98. The number of hydrogen-bond acceptors (Lipinski definition) is 2. The lowest BCUT2D eigenvalue weighted by Gasteiger charge is -2.34. The standard InChI is InChI=1S/C21H30N2O/c1-22(16-19-9-3-2-4-10-19)17-20-11-13-23(14-12-20)21(24)15-18-7-5-6-8-18/h2-5,7,9-10,18,20H,6,8,11-17H2,1H3/t18-/m1/s1. The fourth-order valence-electron chi connectivity index (χ4n) is 3.98. The second-order valence-electron chi connectivity index (χ2n) is 7.48. The number of nitrogens with zero attached hydrogens (tertiary/aromatic N) is 2. The summed E-state index contributed by atoms with van der Waals surface area (Å²) in [5.74, 6) is 1.57. The largest absolute Gasteiger partial charge is 0.343 e. The molecule has 0 aromatic heterocycles. The fraction of sp³-hybridized carbons (Fsp3) is 0.571. The molecule has 0 N–H and O–H groups in total. The van der Waals surface area contributed by atoms with Gasteiger partial charge in [-0.05, 0) is 50.1 Å². The van der Waals surface area contributed by atoms with Crippen molar-refractivity contribution in [2.24, 2.45) is 11.8 Å². The van der Waals surface area contributed by atoms with Gasteiger partial charge in [0.25, 0.3) is 0 Å². The Balaban J connectivity index is 1.38. The van der Waals surface area contributed by atoms with Gasteiger partial charge in [-0.25, -0.2) is 0 Å². The molecule has 1 amide bonds. The van der Waals surface area contributed by atoms with E-state index in [2.05, 4.69) is 59.3 Å². The summed E-state index contributed by atoms with van der Waals surface area (Å²) in [7, 11) is 2.21. The number of piperidine rings is 1. The van der Waals surface area contributed by atoms with Crippen molar-refractivity contribution >= 4 is 5.91 Å². The molecule has 0 spiro atoms. The first kappa shape index (κ1) is 17.2. The third-order valence-corrected chi connectivity index (χ3v) is 5.38. The summed E-state index contributed by atoms with van der Waals surface area (Å²) in [6.07, 6.45) is 9.75. The van der Waals surface area contributed by atoms with Crippen molar-refractivity contribution < 1.29 is 4.79 Å². The van der Waals surface area contributed by atoms with E-state index in [4.69, 9.17) is 0 Å². The van der Waals surface area contributed by atoms with Crippen molar-refractivity contribution in [2.75, 3.05) is 26.7 Å². The van der Waals surface area contributed by atoms with Gasteiger partial charge in [-0.2, -0.15) is 0 Å². The minimum atomic E-state index is 0.364. The second-order valence-corrected chi connectivity index (χ2v) is 7.48. The zero-order valence-electron chi connectivity index (χ0n) is 14.9. The summed E-state index contributed by atoms with van der Waals surface area (Å²) in [5, 5.41) is 0. The minimum Gasteiger partial charge on any atom is -0.343 e. The molecular formula is C21H30N2O. The number of amides is 1. The molecule has 130 valence electrons. The molecule has 0 unspecified atom stereocenters. The lowest BCUT2D eigenvalue weighted by molar-refractivity contribution is -0.133. The highest BCUT2D eigenvalue weighted by Crippen LogP contribution is 2.24. The lowest BCUT2D eigenvalue weighted by atomic mass is 9.95. The van der Waals surface area contributed by atoms with Crippen LogP contribution in [0.25, 0.3) is 0 Å². The topological polar surface area (TPSA) is 23.6 Å². The molecule has 1 aromatic rings. The van der Waals surface area contributed by atoms with Gasteiger partial charge in [0.1, 0.15) is 0 Å². The average Bonchev–Trinajstić information content (AvgIpc) is 3.09. The van der Waals surface area contributed by atoms with E-state index in [1.165, 1.54) is 5.56 Å². The van der Waals surface area contributed by atoms with Gasteiger partial charge in [0.05, 0.1) is 0 Å². The molecule has 3 rings (SSSR count). The first-order valence-electron chi connectivity index (χ1n) is 9.37. The summed E-state index contributed by atoms with van der Waals surface area (Å²) < 4.78 is 0. The predicted octanol–water partition coefficient (Wildman–Crippen LogP) is 3.71. The SMILES string of the molecule is CN(Cc1ccccc1)CC1CCN(C(=O)C[C@@H]2C=CCC2)CC1. The van der Waals surface area contributed by atoms with Crippen LogP contribution in [-0.4, -0.2) is 42.4 Å². The van der Waals surface area contributed by atoms with Crippen molar-refractivity contribution in [2.45, 2.75) is 38.6 Å². The molecule has 1 saturated heterocycles. The van der Waals surface area contributed by atoms with Gasteiger partial charge >= 0.3 is 0 Å². The quantitative estimate of drug-likeness (QED) is 0.744. The van der Waals surface area contributed by atoms with Crippen LogP contribution >= 0.6 is 0 Å². The van der Waals surface area contributed by atoms with Gasteiger partial charge in [-0.3, -0.25) is 4.79 Å². The molecule has 1 aliphatic carbocycles. The van der Waals surface area contributed by atoms with Gasteiger partial charge in [0.15, 0.2) is 0 Å². The molecular weight excluding hydrogens is 296 g/mol. The molecule has 1 aliphatic heterocycles. The zero-order chi connectivity index (χ0) is 16.8. The van der Waals surface area contributed by atoms with Crippen LogP contribution < -0.4 is 0 Å². The van der Waals surface area contributed by atoms with Crippen molar-refractivity contribution in [3.8, 4) is 0 Å². The highest BCUT2D eigenvalue weighted by Gasteiger charge is 2.25. The number of hydrogen-bond donors (Lipinski definition) is 0. The molecule has 1 heterocycles. The van der Waals surface area contributed by atoms with E-state index in [9.17, 15) is 4.79 Å². The molecule has 0 bridgehead atoms. The Labute approximate surface area is 146 Å². The van der Waals surface area contributed by atoms with E-state index in [1.54, 1.807) is 0 Å². The molecule has 3 nitrogen and oxygen atoms in total. The van der Waals surface area contributed by atoms with Crippen molar-refractivity contribution in [1.82, 2.24) is 9.80 Å². The Bertz CT molecular complexity index is 546. The maximum Gasteiger partial charge on any atom is 0.223 e. The molecule has 24 heavy (non-hydrogen) atoms. The van der Waals surface area contributed by atoms with Crippen molar-refractivity contribution in [3.05, 3.63) is 48.0 Å². The summed E-state index contributed by atoms with van der Waals surface area (Å²) in [5.41, 5.74) is 1.37. The maximum absolute atomic E-state index is 12.4. The minimum absolute atomic E-state index is 0.364. The molecule has 1 aromatic carbocycles. The predicted molar refractivity (Wildman–Crippen MR) is 98.6 cm³/mol. The average molecular weight is 326 g/mol. The van der Waals surface area contributed by atoms with Gasteiger partial charge < -0.3 is 9.80 Å². The van der Waals surface area contributed by atoms with Crippen LogP contribution in [0.4, 0.5) is 0 Å². The number of carbonyl (C=O) groups is 1. The molecule has 0 saturated carbocycles. The van der Waals surface area contributed by atoms with Crippen LogP contribution in [0.15, 0.2) is 42.5 Å². The molecule has 1 atom stereocenters. The highest BCUT2D eigenvalue weighted by atomic mass is 16.2. The van der Waals surface area contributed by atoms with E-state index < -0.39 is 0 Å². The van der Waals surface area contributed by atoms with E-state index in [0.717, 1.165) is 58.3 Å². The summed E-state index contributed by atoms with van der Waals surface area (Å²) in [6.45, 7) is 4.02. The van der Waals surface area contributed by atoms with E-state index in [0.29, 0.717) is 17.7 Å². The number of benzene rings is 1. The Morgan fingerprint density at radius 3 is 2.58 bits per heavy atom. The van der Waals surface area contributed by atoms with Gasteiger partial charge in [-0.1, -0.05) is 42.5 Å². The second kappa shape index (κ2) is 8.48. The van der Waals surface area contributed by atoms with Crippen molar-refractivity contribution in [3.63, 3.8) is 0 Å². The Hall–Kier alpha value is -1.61. The number of allylic oxidation sites excluding steroid dienone is 2. The van der Waals surface area contributed by atoms with Gasteiger partial charge in [0, 0.05) is 32.6 Å². The number of carbonyl (C=O) groups excluding carboxylic acids is 1. The first-order chi connectivity index (χ1) is 11.7. The number of rotatable bonds is 6.